The van der Waals surface area contributed by atoms with Crippen LogP contribution in [0.15, 0.2) is 48.5 Å². The third kappa shape index (κ3) is 3.78. The van der Waals surface area contributed by atoms with Crippen LogP contribution < -0.4 is 9.47 Å². The van der Waals surface area contributed by atoms with Crippen molar-refractivity contribution in [3.05, 3.63) is 70.5 Å². The standard InChI is InChI=1S/C20H20N4O2S/c1-25-16-10-8-15(12-17(16)26-2)9-11-18-21-22-20-24(18)23-19(27-20)13-14-6-4-3-5-7-14/h3-8,10,12H,9,11,13H2,1-2H3. The second-order valence-corrected chi connectivity index (χ2v) is 7.20. The molecule has 0 aliphatic carbocycles. The first-order chi connectivity index (χ1) is 13.3. The molecule has 6 nitrogen and oxygen atoms in total. The molecule has 0 amide bonds. The predicted molar refractivity (Wildman–Crippen MR) is 105 cm³/mol. The van der Waals surface area contributed by atoms with E-state index in [4.69, 9.17) is 14.6 Å². The molecule has 0 unspecified atom stereocenters. The summed E-state index contributed by atoms with van der Waals surface area (Å²) in [6.07, 6.45) is 2.39. The largest absolute Gasteiger partial charge is 0.493 e. The van der Waals surface area contributed by atoms with Gasteiger partial charge in [0, 0.05) is 12.8 Å². The molecule has 4 aromatic rings. The monoisotopic (exact) mass is 380 g/mol. The molecule has 0 bridgehead atoms. The fourth-order valence-electron chi connectivity index (χ4n) is 2.99. The molecule has 0 radical (unpaired) electrons. The van der Waals surface area contributed by atoms with Crippen LogP contribution in [0.4, 0.5) is 0 Å². The van der Waals surface area contributed by atoms with Crippen molar-refractivity contribution in [2.45, 2.75) is 19.3 Å². The first-order valence-corrected chi connectivity index (χ1v) is 9.53. The molecule has 0 saturated heterocycles. The van der Waals surface area contributed by atoms with Crippen LogP contribution in [0.2, 0.25) is 0 Å². The normalized spacial score (nSPS) is 11.0. The van der Waals surface area contributed by atoms with E-state index in [-0.39, 0.29) is 0 Å². The Morgan fingerprint density at radius 1 is 0.889 bits per heavy atom. The summed E-state index contributed by atoms with van der Waals surface area (Å²) in [5.41, 5.74) is 2.40. The maximum atomic E-state index is 5.38. The molecular weight excluding hydrogens is 360 g/mol. The molecule has 7 heteroatoms. The summed E-state index contributed by atoms with van der Waals surface area (Å²) in [7, 11) is 3.28. The SMILES string of the molecule is COc1ccc(CCc2nnc3sc(Cc4ccccc4)nn23)cc1OC. The lowest BCUT2D eigenvalue weighted by atomic mass is 10.1. The topological polar surface area (TPSA) is 61.5 Å². The highest BCUT2D eigenvalue weighted by atomic mass is 32.1. The summed E-state index contributed by atoms with van der Waals surface area (Å²) in [6.45, 7) is 0. The Hall–Kier alpha value is -2.93. The number of benzene rings is 2. The molecule has 0 N–H and O–H groups in total. The molecule has 0 saturated carbocycles. The number of nitrogens with zero attached hydrogens (tertiary/aromatic N) is 4. The summed E-state index contributed by atoms with van der Waals surface area (Å²) >= 11 is 1.59. The van der Waals surface area contributed by atoms with Crippen molar-refractivity contribution in [3.63, 3.8) is 0 Å². The van der Waals surface area contributed by atoms with Gasteiger partial charge in [-0.15, -0.1) is 10.2 Å². The second kappa shape index (κ2) is 7.75. The number of hydrogen-bond donors (Lipinski definition) is 0. The second-order valence-electron chi connectivity index (χ2n) is 6.16. The van der Waals surface area contributed by atoms with Crippen LogP contribution in [0.3, 0.4) is 0 Å². The van der Waals surface area contributed by atoms with Gasteiger partial charge in [-0.2, -0.15) is 9.61 Å². The maximum absolute atomic E-state index is 5.38. The number of fused-ring (bicyclic) bond motifs is 1. The number of hydrogen-bond acceptors (Lipinski definition) is 6. The molecule has 4 rings (SSSR count). The van der Waals surface area contributed by atoms with E-state index in [1.54, 1.807) is 25.6 Å². The molecule has 2 aromatic heterocycles. The molecule has 0 spiro atoms. The lowest BCUT2D eigenvalue weighted by Gasteiger charge is -2.09. The summed E-state index contributed by atoms with van der Waals surface area (Å²) in [6, 6.07) is 16.3. The number of methoxy groups -OCH3 is 2. The van der Waals surface area contributed by atoms with Crippen molar-refractivity contribution in [2.75, 3.05) is 14.2 Å². The minimum absolute atomic E-state index is 0.733. The minimum atomic E-state index is 0.733. The lowest BCUT2D eigenvalue weighted by Crippen LogP contribution is -2.01. The van der Waals surface area contributed by atoms with Gasteiger partial charge >= 0.3 is 0 Å². The van der Waals surface area contributed by atoms with E-state index in [1.165, 1.54) is 5.56 Å². The molecule has 0 aliphatic rings. The number of rotatable bonds is 7. The van der Waals surface area contributed by atoms with Gasteiger partial charge in [0.15, 0.2) is 17.3 Å². The van der Waals surface area contributed by atoms with Crippen molar-refractivity contribution in [1.82, 2.24) is 19.8 Å². The molecule has 2 aromatic carbocycles. The molecule has 0 atom stereocenters. The van der Waals surface area contributed by atoms with Crippen molar-refractivity contribution in [2.24, 2.45) is 0 Å². The van der Waals surface area contributed by atoms with E-state index in [0.717, 1.165) is 52.1 Å². The van der Waals surface area contributed by atoms with Gasteiger partial charge in [-0.05, 0) is 29.7 Å². The Labute approximate surface area is 161 Å². The first kappa shape index (κ1) is 17.5. The maximum Gasteiger partial charge on any atom is 0.234 e. The van der Waals surface area contributed by atoms with E-state index in [9.17, 15) is 0 Å². The fraction of sp³-hybridized carbons (Fsp3) is 0.250. The molecule has 0 fully saturated rings. The Kier molecular flexibility index (Phi) is 5.02. The van der Waals surface area contributed by atoms with E-state index < -0.39 is 0 Å². The van der Waals surface area contributed by atoms with E-state index in [0.29, 0.717) is 0 Å². The van der Waals surface area contributed by atoms with Gasteiger partial charge in [0.05, 0.1) is 14.2 Å². The van der Waals surface area contributed by atoms with Crippen LogP contribution in [-0.2, 0) is 19.3 Å². The average Bonchev–Trinajstić information content (AvgIpc) is 3.27. The Balaban J connectivity index is 1.49. The van der Waals surface area contributed by atoms with Crippen molar-refractivity contribution in [3.8, 4) is 11.5 Å². The van der Waals surface area contributed by atoms with E-state index in [2.05, 4.69) is 22.3 Å². The minimum Gasteiger partial charge on any atom is -0.493 e. The molecule has 0 aliphatic heterocycles. The number of ether oxygens (including phenoxy) is 2. The van der Waals surface area contributed by atoms with Crippen molar-refractivity contribution < 1.29 is 9.47 Å². The van der Waals surface area contributed by atoms with Crippen molar-refractivity contribution >= 4 is 16.3 Å². The number of aromatic nitrogens is 4. The van der Waals surface area contributed by atoms with Gasteiger partial charge in [0.25, 0.3) is 0 Å². The van der Waals surface area contributed by atoms with E-state index in [1.807, 2.05) is 40.9 Å². The average molecular weight is 380 g/mol. The smallest absolute Gasteiger partial charge is 0.234 e. The first-order valence-electron chi connectivity index (χ1n) is 8.71. The quantitative estimate of drug-likeness (QED) is 0.490. The summed E-state index contributed by atoms with van der Waals surface area (Å²) in [4.78, 5) is 0.836. The Bertz CT molecular complexity index is 1040. The molecule has 27 heavy (non-hydrogen) atoms. The zero-order valence-corrected chi connectivity index (χ0v) is 16.1. The van der Waals surface area contributed by atoms with Gasteiger partial charge < -0.3 is 9.47 Å². The molecule has 2 heterocycles. The Morgan fingerprint density at radius 2 is 1.70 bits per heavy atom. The lowest BCUT2D eigenvalue weighted by molar-refractivity contribution is 0.354. The zero-order chi connectivity index (χ0) is 18.6. The predicted octanol–water partition coefficient (Wildman–Crippen LogP) is 3.58. The van der Waals surface area contributed by atoms with Gasteiger partial charge in [0.1, 0.15) is 5.01 Å². The van der Waals surface area contributed by atoms with Gasteiger partial charge in [-0.25, -0.2) is 0 Å². The highest BCUT2D eigenvalue weighted by Gasteiger charge is 2.13. The van der Waals surface area contributed by atoms with Gasteiger partial charge in [-0.3, -0.25) is 0 Å². The third-order valence-electron chi connectivity index (χ3n) is 4.38. The number of aryl methyl sites for hydroxylation is 2. The van der Waals surface area contributed by atoms with Crippen LogP contribution in [0, 0.1) is 0 Å². The van der Waals surface area contributed by atoms with Crippen LogP contribution in [0.1, 0.15) is 22.0 Å². The van der Waals surface area contributed by atoms with Crippen LogP contribution in [0.5, 0.6) is 11.5 Å². The molecule has 138 valence electrons. The van der Waals surface area contributed by atoms with Crippen LogP contribution >= 0.6 is 11.3 Å². The van der Waals surface area contributed by atoms with Crippen LogP contribution in [0.25, 0.3) is 4.96 Å². The third-order valence-corrected chi connectivity index (χ3v) is 5.28. The Morgan fingerprint density at radius 3 is 2.48 bits per heavy atom. The molecular formula is C20H20N4O2S. The zero-order valence-electron chi connectivity index (χ0n) is 15.3. The summed E-state index contributed by atoms with van der Waals surface area (Å²) in [5, 5.41) is 14.3. The van der Waals surface area contributed by atoms with E-state index >= 15 is 0 Å². The summed E-state index contributed by atoms with van der Waals surface area (Å²) < 4.78 is 12.5. The highest BCUT2D eigenvalue weighted by molar-refractivity contribution is 7.16. The fourth-order valence-corrected chi connectivity index (χ4v) is 3.87. The summed E-state index contributed by atoms with van der Waals surface area (Å²) in [5.74, 6) is 2.34. The van der Waals surface area contributed by atoms with Gasteiger partial charge in [-0.1, -0.05) is 47.7 Å². The van der Waals surface area contributed by atoms with Crippen LogP contribution in [-0.4, -0.2) is 34.0 Å². The van der Waals surface area contributed by atoms with Gasteiger partial charge in [0.2, 0.25) is 4.96 Å². The van der Waals surface area contributed by atoms with Crippen molar-refractivity contribution in [1.29, 1.82) is 0 Å². The highest BCUT2D eigenvalue weighted by Crippen LogP contribution is 2.28.